The molecular formula is C13H11N5O3S. The summed E-state index contributed by atoms with van der Waals surface area (Å²) >= 11 is 1.29. The molecule has 3 heterocycles. The third kappa shape index (κ3) is 3.20. The largest absolute Gasteiger partial charge is 0.462 e. The van der Waals surface area contributed by atoms with E-state index in [1.54, 1.807) is 17.5 Å². The van der Waals surface area contributed by atoms with E-state index in [2.05, 4.69) is 25.8 Å². The predicted octanol–water partition coefficient (Wildman–Crippen LogP) is 1.49. The Morgan fingerprint density at radius 2 is 2.32 bits per heavy atom. The highest BCUT2D eigenvalue weighted by Gasteiger charge is 2.14. The molecule has 0 atom stereocenters. The summed E-state index contributed by atoms with van der Waals surface area (Å²) in [6.45, 7) is -0.155. The number of carbonyl (C=O) groups is 2. The van der Waals surface area contributed by atoms with Crippen molar-refractivity contribution in [1.82, 2.24) is 20.5 Å². The van der Waals surface area contributed by atoms with E-state index >= 15 is 0 Å². The van der Waals surface area contributed by atoms with Crippen molar-refractivity contribution in [3.05, 3.63) is 41.9 Å². The number of aromatic amines is 1. The number of furan rings is 1. The van der Waals surface area contributed by atoms with Crippen LogP contribution in [0.3, 0.4) is 0 Å². The Balaban J connectivity index is 1.55. The summed E-state index contributed by atoms with van der Waals surface area (Å²) < 4.78 is 5.21. The van der Waals surface area contributed by atoms with Crippen molar-refractivity contribution < 1.29 is 14.0 Å². The number of hydrogen-bond donors (Lipinski definition) is 3. The van der Waals surface area contributed by atoms with Gasteiger partial charge in [-0.25, -0.2) is 4.98 Å². The SMILES string of the molecule is O=C(CNC(=O)c1csc(-c2ccco2)n1)Nc1cn[nH]c1. The van der Waals surface area contributed by atoms with E-state index in [-0.39, 0.29) is 18.1 Å². The molecule has 0 aliphatic rings. The highest BCUT2D eigenvalue weighted by molar-refractivity contribution is 7.13. The average molecular weight is 317 g/mol. The summed E-state index contributed by atoms with van der Waals surface area (Å²) in [4.78, 5) is 27.7. The Morgan fingerprint density at radius 3 is 3.05 bits per heavy atom. The molecule has 0 bridgehead atoms. The van der Waals surface area contributed by atoms with Crippen LogP contribution >= 0.6 is 11.3 Å². The van der Waals surface area contributed by atoms with Crippen LogP contribution in [0.25, 0.3) is 10.8 Å². The van der Waals surface area contributed by atoms with Gasteiger partial charge in [-0.1, -0.05) is 0 Å². The number of amides is 2. The van der Waals surface area contributed by atoms with Crippen LogP contribution in [0.15, 0.2) is 40.6 Å². The fourth-order valence-corrected chi connectivity index (χ4v) is 2.43. The Morgan fingerprint density at radius 1 is 1.41 bits per heavy atom. The van der Waals surface area contributed by atoms with Gasteiger partial charge in [-0.05, 0) is 12.1 Å². The number of H-pyrrole nitrogens is 1. The molecule has 3 N–H and O–H groups in total. The van der Waals surface area contributed by atoms with Crippen molar-refractivity contribution in [1.29, 1.82) is 0 Å². The van der Waals surface area contributed by atoms with E-state index in [1.165, 1.54) is 30.0 Å². The van der Waals surface area contributed by atoms with Gasteiger partial charge in [0.2, 0.25) is 5.91 Å². The second kappa shape index (κ2) is 6.22. The third-order valence-corrected chi connectivity index (χ3v) is 3.52. The van der Waals surface area contributed by atoms with Crippen LogP contribution in [-0.4, -0.2) is 33.5 Å². The number of thiazole rings is 1. The van der Waals surface area contributed by atoms with Gasteiger partial charge in [0.15, 0.2) is 10.8 Å². The molecular weight excluding hydrogens is 306 g/mol. The van der Waals surface area contributed by atoms with Gasteiger partial charge in [0.1, 0.15) is 5.69 Å². The van der Waals surface area contributed by atoms with Crippen molar-refractivity contribution in [3.63, 3.8) is 0 Å². The molecule has 3 rings (SSSR count). The molecule has 0 spiro atoms. The van der Waals surface area contributed by atoms with Crippen LogP contribution in [0.5, 0.6) is 0 Å². The van der Waals surface area contributed by atoms with Crippen LogP contribution in [0.4, 0.5) is 5.69 Å². The minimum Gasteiger partial charge on any atom is -0.462 e. The van der Waals surface area contributed by atoms with E-state index in [1.807, 2.05) is 0 Å². The van der Waals surface area contributed by atoms with Crippen LogP contribution in [0, 0.1) is 0 Å². The highest BCUT2D eigenvalue weighted by Crippen LogP contribution is 2.23. The maximum Gasteiger partial charge on any atom is 0.271 e. The number of nitrogens with one attached hydrogen (secondary N) is 3. The maximum atomic E-state index is 11.9. The van der Waals surface area contributed by atoms with E-state index in [0.717, 1.165) is 0 Å². The fraction of sp³-hybridized carbons (Fsp3) is 0.0769. The van der Waals surface area contributed by atoms with E-state index in [9.17, 15) is 9.59 Å². The number of aromatic nitrogens is 3. The van der Waals surface area contributed by atoms with Gasteiger partial charge in [-0.2, -0.15) is 5.10 Å². The van der Waals surface area contributed by atoms with Crippen LogP contribution in [0.1, 0.15) is 10.5 Å². The van der Waals surface area contributed by atoms with Crippen LogP contribution in [0.2, 0.25) is 0 Å². The van der Waals surface area contributed by atoms with Gasteiger partial charge in [0, 0.05) is 11.6 Å². The first-order valence-electron chi connectivity index (χ1n) is 6.28. The zero-order valence-electron chi connectivity index (χ0n) is 11.2. The van der Waals surface area contributed by atoms with Gasteiger partial charge in [-0.3, -0.25) is 14.7 Å². The first-order chi connectivity index (χ1) is 10.7. The number of carbonyl (C=O) groups excluding carboxylic acids is 2. The Labute approximate surface area is 128 Å². The standard InChI is InChI=1S/C13H11N5O3S/c19-11(17-8-4-15-16-5-8)6-14-12(20)9-7-22-13(18-9)10-2-1-3-21-10/h1-5,7H,6H2,(H,14,20)(H,15,16)(H,17,19). The molecule has 0 aliphatic heterocycles. The average Bonchev–Trinajstić information content (AvgIpc) is 3.23. The lowest BCUT2D eigenvalue weighted by Gasteiger charge is -2.03. The molecule has 9 heteroatoms. The molecule has 0 radical (unpaired) electrons. The van der Waals surface area contributed by atoms with E-state index in [0.29, 0.717) is 16.5 Å². The molecule has 3 aromatic rings. The van der Waals surface area contributed by atoms with Gasteiger partial charge < -0.3 is 15.1 Å². The lowest BCUT2D eigenvalue weighted by atomic mass is 10.4. The Hall–Kier alpha value is -2.94. The Kier molecular flexibility index (Phi) is 3.97. The first-order valence-corrected chi connectivity index (χ1v) is 7.16. The normalized spacial score (nSPS) is 10.4. The number of hydrogen-bond acceptors (Lipinski definition) is 6. The summed E-state index contributed by atoms with van der Waals surface area (Å²) in [6.07, 6.45) is 4.54. The highest BCUT2D eigenvalue weighted by atomic mass is 32.1. The molecule has 2 amide bonds. The maximum absolute atomic E-state index is 11.9. The zero-order valence-corrected chi connectivity index (χ0v) is 12.0. The molecule has 112 valence electrons. The summed E-state index contributed by atoms with van der Waals surface area (Å²) in [5.41, 5.74) is 0.778. The van der Waals surface area contributed by atoms with Crippen molar-refractivity contribution in [3.8, 4) is 10.8 Å². The number of rotatable bonds is 5. The molecule has 0 aromatic carbocycles. The number of anilines is 1. The van der Waals surface area contributed by atoms with Crippen molar-refractivity contribution in [2.75, 3.05) is 11.9 Å². The monoisotopic (exact) mass is 317 g/mol. The summed E-state index contributed by atoms with van der Waals surface area (Å²) in [7, 11) is 0. The molecule has 0 saturated heterocycles. The lowest BCUT2D eigenvalue weighted by Crippen LogP contribution is -2.32. The second-order valence-corrected chi connectivity index (χ2v) is 5.09. The minimum atomic E-state index is -0.420. The van der Waals surface area contributed by atoms with Crippen LogP contribution in [-0.2, 0) is 4.79 Å². The molecule has 0 saturated carbocycles. The first kappa shape index (κ1) is 14.0. The van der Waals surface area contributed by atoms with Crippen molar-refractivity contribution >= 4 is 28.8 Å². The van der Waals surface area contributed by atoms with Crippen molar-refractivity contribution in [2.24, 2.45) is 0 Å². The molecule has 22 heavy (non-hydrogen) atoms. The van der Waals surface area contributed by atoms with E-state index < -0.39 is 5.91 Å². The second-order valence-electron chi connectivity index (χ2n) is 4.23. The lowest BCUT2D eigenvalue weighted by molar-refractivity contribution is -0.115. The van der Waals surface area contributed by atoms with Gasteiger partial charge in [0.05, 0.1) is 24.7 Å². The van der Waals surface area contributed by atoms with Crippen LogP contribution < -0.4 is 10.6 Å². The molecule has 0 fully saturated rings. The minimum absolute atomic E-state index is 0.155. The molecule has 8 nitrogen and oxygen atoms in total. The smallest absolute Gasteiger partial charge is 0.271 e. The Bertz CT molecular complexity index is 764. The summed E-state index contributed by atoms with van der Waals surface area (Å²) in [6, 6.07) is 3.51. The fourth-order valence-electron chi connectivity index (χ4n) is 1.67. The molecule has 0 aliphatic carbocycles. The summed E-state index contributed by atoms with van der Waals surface area (Å²) in [5, 5.41) is 13.6. The topological polar surface area (TPSA) is 113 Å². The third-order valence-electron chi connectivity index (χ3n) is 2.66. The predicted molar refractivity (Wildman–Crippen MR) is 79.4 cm³/mol. The van der Waals surface area contributed by atoms with Gasteiger partial charge in [0.25, 0.3) is 5.91 Å². The van der Waals surface area contributed by atoms with E-state index in [4.69, 9.17) is 4.42 Å². The number of nitrogens with zero attached hydrogens (tertiary/aromatic N) is 2. The summed E-state index contributed by atoms with van der Waals surface area (Å²) in [5.74, 6) is -0.172. The molecule has 0 unspecified atom stereocenters. The molecule has 3 aromatic heterocycles. The zero-order chi connectivity index (χ0) is 15.4. The van der Waals surface area contributed by atoms with Crippen molar-refractivity contribution in [2.45, 2.75) is 0 Å². The van der Waals surface area contributed by atoms with Gasteiger partial charge >= 0.3 is 0 Å². The van der Waals surface area contributed by atoms with Gasteiger partial charge in [-0.15, -0.1) is 11.3 Å². The quantitative estimate of drug-likeness (QED) is 0.660.